The number of esters is 1. The normalized spacial score (nSPS) is 38.0. The zero-order valence-corrected chi connectivity index (χ0v) is 14.5. The second kappa shape index (κ2) is 4.27. The van der Waals surface area contributed by atoms with Gasteiger partial charge in [-0.25, -0.2) is 0 Å². The molecule has 0 amide bonds. The van der Waals surface area contributed by atoms with Crippen molar-refractivity contribution in [3.63, 3.8) is 0 Å². The second-order valence-corrected chi connectivity index (χ2v) is 8.82. The average molecular weight is 328 g/mol. The number of benzene rings is 1. The first kappa shape index (κ1) is 14.6. The quantitative estimate of drug-likeness (QED) is 0.733. The molecule has 2 bridgehead atoms. The topological polar surface area (TPSA) is 55.8 Å². The van der Waals surface area contributed by atoms with Gasteiger partial charge in [0.15, 0.2) is 11.5 Å². The number of ether oxygens (including phenoxy) is 2. The maximum atomic E-state index is 13.0. The van der Waals surface area contributed by atoms with Crippen molar-refractivity contribution in [1.29, 1.82) is 0 Å². The Labute approximate surface area is 142 Å². The lowest BCUT2D eigenvalue weighted by molar-refractivity contribution is -0.185. The van der Waals surface area contributed by atoms with Crippen LogP contribution >= 0.6 is 0 Å². The summed E-state index contributed by atoms with van der Waals surface area (Å²) in [5.41, 5.74) is 2.28. The summed E-state index contributed by atoms with van der Waals surface area (Å²) in [6.45, 7) is 7.22. The van der Waals surface area contributed by atoms with E-state index in [4.69, 9.17) is 9.47 Å². The fourth-order valence-electron chi connectivity index (χ4n) is 5.92. The Hall–Kier alpha value is -1.71. The molecule has 1 spiro atoms. The highest BCUT2D eigenvalue weighted by atomic mass is 16.5. The summed E-state index contributed by atoms with van der Waals surface area (Å²) in [7, 11) is 0. The van der Waals surface area contributed by atoms with Crippen LogP contribution in [0.15, 0.2) is 6.07 Å². The first-order valence-electron chi connectivity index (χ1n) is 9.10. The van der Waals surface area contributed by atoms with Gasteiger partial charge in [0.2, 0.25) is 0 Å². The summed E-state index contributed by atoms with van der Waals surface area (Å²) in [5.74, 6) is 1.16. The standard InChI is InChI=1S/C20H24O4/c1-10-9-23-17-11(10)7-12-13-8-14-19(2,3)5-4-6-20(14,18(22)24-13)15(12)16(17)21/h7,10,13-14,21H,4-6,8-9H2,1-3H3/t10-,13-,14-,20+/m0/s1. The van der Waals surface area contributed by atoms with Gasteiger partial charge in [0, 0.05) is 22.6 Å². The lowest BCUT2D eigenvalue weighted by atomic mass is 9.47. The highest BCUT2D eigenvalue weighted by Gasteiger charge is 2.65. The molecular formula is C20H24O4. The highest BCUT2D eigenvalue weighted by Crippen LogP contribution is 2.66. The van der Waals surface area contributed by atoms with Crippen molar-refractivity contribution in [2.24, 2.45) is 11.3 Å². The van der Waals surface area contributed by atoms with E-state index in [1.165, 1.54) is 0 Å². The van der Waals surface area contributed by atoms with E-state index in [-0.39, 0.29) is 35.1 Å². The summed E-state index contributed by atoms with van der Waals surface area (Å²) < 4.78 is 11.6. The molecule has 3 heterocycles. The van der Waals surface area contributed by atoms with Crippen molar-refractivity contribution in [1.82, 2.24) is 0 Å². The highest BCUT2D eigenvalue weighted by molar-refractivity contribution is 5.90. The van der Waals surface area contributed by atoms with Gasteiger partial charge in [-0.1, -0.05) is 27.2 Å². The van der Waals surface area contributed by atoms with Crippen LogP contribution in [0.5, 0.6) is 11.5 Å². The third kappa shape index (κ3) is 1.49. The number of hydrogen-bond acceptors (Lipinski definition) is 4. The third-order valence-corrected chi connectivity index (χ3v) is 7.11. The first-order chi connectivity index (χ1) is 11.4. The summed E-state index contributed by atoms with van der Waals surface area (Å²) in [6, 6.07) is 2.14. The zero-order chi connectivity index (χ0) is 16.9. The lowest BCUT2D eigenvalue weighted by Crippen LogP contribution is -2.59. The smallest absolute Gasteiger partial charge is 0.317 e. The van der Waals surface area contributed by atoms with Gasteiger partial charge in [0.25, 0.3) is 0 Å². The number of hydrogen-bond donors (Lipinski definition) is 1. The Morgan fingerprint density at radius 3 is 2.83 bits per heavy atom. The number of carbonyl (C=O) groups excluding carboxylic acids is 1. The van der Waals surface area contributed by atoms with Crippen LogP contribution in [0.4, 0.5) is 0 Å². The van der Waals surface area contributed by atoms with Crippen LogP contribution < -0.4 is 4.74 Å². The summed E-state index contributed by atoms with van der Waals surface area (Å²) in [4.78, 5) is 13.0. The Morgan fingerprint density at radius 1 is 1.25 bits per heavy atom. The van der Waals surface area contributed by atoms with Gasteiger partial charge in [0.05, 0.1) is 6.61 Å². The molecule has 3 aliphatic heterocycles. The van der Waals surface area contributed by atoms with Gasteiger partial charge in [0.1, 0.15) is 11.5 Å². The first-order valence-corrected chi connectivity index (χ1v) is 9.10. The Kier molecular flexibility index (Phi) is 2.60. The van der Waals surface area contributed by atoms with Gasteiger partial charge in [-0.05, 0) is 36.7 Å². The SMILES string of the molecule is C[C@H]1COc2c1cc1c(c2O)[C@@]23CCCC(C)(C)[C@@H]2C[C@@H]1OC3=O. The van der Waals surface area contributed by atoms with E-state index in [1.54, 1.807) is 0 Å². The number of aromatic hydroxyl groups is 1. The summed E-state index contributed by atoms with van der Waals surface area (Å²) >= 11 is 0. The predicted molar refractivity (Wildman–Crippen MR) is 88.3 cm³/mol. The minimum Gasteiger partial charge on any atom is -0.504 e. The van der Waals surface area contributed by atoms with Crippen molar-refractivity contribution in [2.45, 2.75) is 63.9 Å². The van der Waals surface area contributed by atoms with E-state index in [0.29, 0.717) is 12.4 Å². The lowest BCUT2D eigenvalue weighted by Gasteiger charge is -2.58. The van der Waals surface area contributed by atoms with Gasteiger partial charge < -0.3 is 14.6 Å². The molecule has 1 aromatic carbocycles. The van der Waals surface area contributed by atoms with E-state index in [0.717, 1.165) is 42.4 Å². The molecule has 1 saturated carbocycles. The maximum absolute atomic E-state index is 13.0. The molecule has 4 atom stereocenters. The van der Waals surface area contributed by atoms with Crippen molar-refractivity contribution in [2.75, 3.05) is 6.61 Å². The third-order valence-electron chi connectivity index (χ3n) is 7.11. The van der Waals surface area contributed by atoms with Crippen molar-refractivity contribution in [3.8, 4) is 11.5 Å². The number of carbonyl (C=O) groups is 1. The predicted octanol–water partition coefficient (Wildman–Crippen LogP) is 3.95. The van der Waals surface area contributed by atoms with Crippen LogP contribution in [0.25, 0.3) is 0 Å². The second-order valence-electron chi connectivity index (χ2n) is 8.82. The summed E-state index contributed by atoms with van der Waals surface area (Å²) in [6.07, 6.45) is 3.52. The van der Waals surface area contributed by atoms with Gasteiger partial charge in [-0.3, -0.25) is 4.79 Å². The van der Waals surface area contributed by atoms with Crippen molar-refractivity contribution < 1.29 is 19.4 Å². The van der Waals surface area contributed by atoms with Crippen molar-refractivity contribution >= 4 is 5.97 Å². The van der Waals surface area contributed by atoms with E-state index < -0.39 is 5.41 Å². The van der Waals surface area contributed by atoms with Crippen LogP contribution in [-0.2, 0) is 14.9 Å². The molecule has 1 saturated heterocycles. The molecule has 5 aliphatic rings. The summed E-state index contributed by atoms with van der Waals surface area (Å²) in [5, 5.41) is 11.1. The zero-order valence-electron chi connectivity index (χ0n) is 14.5. The molecule has 4 nitrogen and oxygen atoms in total. The van der Waals surface area contributed by atoms with Crippen LogP contribution in [0.3, 0.4) is 0 Å². The van der Waals surface area contributed by atoms with Crippen LogP contribution in [0.2, 0.25) is 0 Å². The van der Waals surface area contributed by atoms with E-state index >= 15 is 0 Å². The fourth-order valence-corrected chi connectivity index (χ4v) is 5.92. The minimum absolute atomic E-state index is 0.0766. The van der Waals surface area contributed by atoms with E-state index in [1.807, 2.05) is 0 Å². The number of phenols is 1. The van der Waals surface area contributed by atoms with Gasteiger partial charge in [-0.2, -0.15) is 0 Å². The molecule has 2 fully saturated rings. The monoisotopic (exact) mass is 328 g/mol. The Morgan fingerprint density at radius 2 is 2.04 bits per heavy atom. The number of fused-ring (bicyclic) bond motifs is 2. The fraction of sp³-hybridized carbons (Fsp3) is 0.650. The maximum Gasteiger partial charge on any atom is 0.317 e. The molecule has 0 radical (unpaired) electrons. The molecule has 128 valence electrons. The molecule has 24 heavy (non-hydrogen) atoms. The van der Waals surface area contributed by atoms with E-state index in [2.05, 4.69) is 26.8 Å². The Bertz CT molecular complexity index is 765. The molecule has 4 heteroatoms. The molecule has 1 N–H and O–H groups in total. The molecule has 6 rings (SSSR count). The van der Waals surface area contributed by atoms with E-state index in [9.17, 15) is 9.90 Å². The average Bonchev–Trinajstić information content (AvgIpc) is 2.89. The Balaban J connectivity index is 1.81. The molecular weight excluding hydrogens is 304 g/mol. The van der Waals surface area contributed by atoms with Crippen LogP contribution in [-0.4, -0.2) is 17.7 Å². The van der Waals surface area contributed by atoms with Gasteiger partial charge in [-0.15, -0.1) is 0 Å². The van der Waals surface area contributed by atoms with Crippen LogP contribution in [0.1, 0.15) is 75.2 Å². The van der Waals surface area contributed by atoms with Gasteiger partial charge >= 0.3 is 5.97 Å². The molecule has 1 aromatic rings. The molecule has 2 aliphatic carbocycles. The number of rotatable bonds is 0. The van der Waals surface area contributed by atoms with Crippen molar-refractivity contribution in [3.05, 3.63) is 22.8 Å². The minimum atomic E-state index is -0.694. The largest absolute Gasteiger partial charge is 0.504 e. The number of phenolic OH excluding ortho intramolecular Hbond substituents is 1. The molecule has 0 aromatic heterocycles. The molecule has 0 unspecified atom stereocenters. The van der Waals surface area contributed by atoms with Crippen LogP contribution in [0, 0.1) is 11.3 Å².